The SMILES string of the molecule is CC(Oc1cccc2onc(N)c12)C(=O)O. The molecular formula is C10H10N2O4. The molecule has 1 aromatic heterocycles. The molecule has 0 saturated carbocycles. The van der Waals surface area contributed by atoms with Crippen molar-refractivity contribution in [3.63, 3.8) is 0 Å². The predicted molar refractivity (Wildman–Crippen MR) is 56.1 cm³/mol. The van der Waals surface area contributed by atoms with Crippen LogP contribution in [-0.2, 0) is 4.79 Å². The summed E-state index contributed by atoms with van der Waals surface area (Å²) in [6.45, 7) is 1.44. The Hall–Kier alpha value is -2.24. The molecule has 6 nitrogen and oxygen atoms in total. The monoisotopic (exact) mass is 222 g/mol. The van der Waals surface area contributed by atoms with Crippen molar-refractivity contribution >= 4 is 22.8 Å². The molecule has 0 spiro atoms. The van der Waals surface area contributed by atoms with Crippen LogP contribution < -0.4 is 10.5 Å². The van der Waals surface area contributed by atoms with Crippen LogP contribution in [0.15, 0.2) is 22.7 Å². The van der Waals surface area contributed by atoms with E-state index in [1.165, 1.54) is 6.92 Å². The molecule has 0 aliphatic carbocycles. The van der Waals surface area contributed by atoms with Crippen molar-refractivity contribution in [1.82, 2.24) is 5.16 Å². The fourth-order valence-corrected chi connectivity index (χ4v) is 1.32. The van der Waals surface area contributed by atoms with Crippen LogP contribution in [0.4, 0.5) is 5.82 Å². The number of ether oxygens (including phenoxy) is 1. The fourth-order valence-electron chi connectivity index (χ4n) is 1.32. The van der Waals surface area contributed by atoms with E-state index in [1.54, 1.807) is 18.2 Å². The number of aliphatic carboxylic acids is 1. The van der Waals surface area contributed by atoms with Gasteiger partial charge in [-0.1, -0.05) is 11.2 Å². The first kappa shape index (κ1) is 10.3. The average molecular weight is 222 g/mol. The van der Waals surface area contributed by atoms with Crippen molar-refractivity contribution < 1.29 is 19.2 Å². The van der Waals surface area contributed by atoms with Crippen molar-refractivity contribution in [1.29, 1.82) is 0 Å². The third-order valence-corrected chi connectivity index (χ3v) is 2.14. The quantitative estimate of drug-likeness (QED) is 0.811. The van der Waals surface area contributed by atoms with Gasteiger partial charge in [-0.2, -0.15) is 0 Å². The lowest BCUT2D eigenvalue weighted by Crippen LogP contribution is -2.22. The van der Waals surface area contributed by atoms with Gasteiger partial charge < -0.3 is 20.1 Å². The highest BCUT2D eigenvalue weighted by atomic mass is 16.5. The molecule has 0 radical (unpaired) electrons. The second kappa shape index (κ2) is 3.73. The van der Waals surface area contributed by atoms with Crippen molar-refractivity contribution in [2.75, 3.05) is 5.73 Å². The standard InChI is InChI=1S/C10H10N2O4/c1-5(10(13)14)15-6-3-2-4-7-8(6)9(11)12-16-7/h2-5H,1H3,(H2,11,12)(H,13,14). The van der Waals surface area contributed by atoms with E-state index in [1.807, 2.05) is 0 Å². The number of anilines is 1. The molecular weight excluding hydrogens is 212 g/mol. The lowest BCUT2D eigenvalue weighted by molar-refractivity contribution is -0.144. The van der Waals surface area contributed by atoms with Gasteiger partial charge in [-0.05, 0) is 19.1 Å². The maximum absolute atomic E-state index is 10.7. The minimum Gasteiger partial charge on any atom is -0.479 e. The van der Waals surface area contributed by atoms with Gasteiger partial charge in [-0.15, -0.1) is 0 Å². The van der Waals surface area contributed by atoms with E-state index in [4.69, 9.17) is 20.1 Å². The molecule has 6 heteroatoms. The molecule has 2 aromatic rings. The Morgan fingerprint density at radius 3 is 3.06 bits per heavy atom. The molecule has 16 heavy (non-hydrogen) atoms. The number of hydrogen-bond acceptors (Lipinski definition) is 5. The first-order valence-corrected chi connectivity index (χ1v) is 4.63. The average Bonchev–Trinajstić information content (AvgIpc) is 2.61. The van der Waals surface area contributed by atoms with Crippen LogP contribution in [0.25, 0.3) is 11.0 Å². The summed E-state index contributed by atoms with van der Waals surface area (Å²) in [7, 11) is 0. The number of aromatic nitrogens is 1. The van der Waals surface area contributed by atoms with E-state index in [9.17, 15) is 4.79 Å². The molecule has 0 aliphatic heterocycles. The Balaban J connectivity index is 2.44. The summed E-state index contributed by atoms with van der Waals surface area (Å²) in [5.74, 6) is -0.513. The van der Waals surface area contributed by atoms with E-state index in [0.29, 0.717) is 16.7 Å². The second-order valence-corrected chi connectivity index (χ2v) is 3.30. The summed E-state index contributed by atoms with van der Waals surface area (Å²) < 4.78 is 10.2. The number of benzene rings is 1. The highest BCUT2D eigenvalue weighted by Crippen LogP contribution is 2.30. The highest BCUT2D eigenvalue weighted by Gasteiger charge is 2.17. The minimum absolute atomic E-state index is 0.184. The highest BCUT2D eigenvalue weighted by molar-refractivity contribution is 5.93. The molecule has 1 unspecified atom stereocenters. The number of carboxylic acid groups (broad SMARTS) is 1. The van der Waals surface area contributed by atoms with Gasteiger partial charge in [0.25, 0.3) is 0 Å². The first-order valence-electron chi connectivity index (χ1n) is 4.63. The second-order valence-electron chi connectivity index (χ2n) is 3.30. The first-order chi connectivity index (χ1) is 7.59. The van der Waals surface area contributed by atoms with E-state index in [2.05, 4.69) is 5.16 Å². The molecule has 1 heterocycles. The molecule has 2 rings (SSSR count). The Kier molecular flexibility index (Phi) is 2.40. The zero-order valence-electron chi connectivity index (χ0n) is 8.51. The zero-order chi connectivity index (χ0) is 11.7. The Morgan fingerprint density at radius 2 is 2.38 bits per heavy atom. The van der Waals surface area contributed by atoms with Crippen molar-refractivity contribution in [2.24, 2.45) is 0 Å². The van der Waals surface area contributed by atoms with Crippen molar-refractivity contribution in [3.05, 3.63) is 18.2 Å². The normalized spacial score (nSPS) is 12.6. The number of carbonyl (C=O) groups is 1. The van der Waals surface area contributed by atoms with Gasteiger partial charge in [0, 0.05) is 0 Å². The molecule has 0 fully saturated rings. The maximum atomic E-state index is 10.7. The lowest BCUT2D eigenvalue weighted by atomic mass is 10.2. The van der Waals surface area contributed by atoms with Crippen LogP contribution in [0.2, 0.25) is 0 Å². The van der Waals surface area contributed by atoms with Crippen LogP contribution in [0, 0.1) is 0 Å². The Labute approximate surface area is 90.6 Å². The number of fused-ring (bicyclic) bond motifs is 1. The van der Waals surface area contributed by atoms with Gasteiger partial charge >= 0.3 is 5.97 Å². The lowest BCUT2D eigenvalue weighted by Gasteiger charge is -2.10. The van der Waals surface area contributed by atoms with Crippen LogP contribution in [0.1, 0.15) is 6.92 Å². The maximum Gasteiger partial charge on any atom is 0.344 e. The van der Waals surface area contributed by atoms with Crippen LogP contribution in [0.5, 0.6) is 5.75 Å². The van der Waals surface area contributed by atoms with E-state index in [0.717, 1.165) is 0 Å². The molecule has 0 bridgehead atoms. The number of nitrogens with zero attached hydrogens (tertiary/aromatic N) is 1. The Morgan fingerprint density at radius 1 is 1.62 bits per heavy atom. The smallest absolute Gasteiger partial charge is 0.344 e. The third kappa shape index (κ3) is 1.65. The third-order valence-electron chi connectivity index (χ3n) is 2.14. The van der Waals surface area contributed by atoms with E-state index < -0.39 is 12.1 Å². The molecule has 0 aliphatic rings. The number of hydrogen-bond donors (Lipinski definition) is 2. The van der Waals surface area contributed by atoms with Gasteiger partial charge in [-0.3, -0.25) is 0 Å². The van der Waals surface area contributed by atoms with E-state index in [-0.39, 0.29) is 5.82 Å². The van der Waals surface area contributed by atoms with Gasteiger partial charge in [-0.25, -0.2) is 4.79 Å². The summed E-state index contributed by atoms with van der Waals surface area (Å²) in [5, 5.41) is 12.8. The summed E-state index contributed by atoms with van der Waals surface area (Å²) in [5.41, 5.74) is 6.06. The molecule has 1 aromatic carbocycles. The largest absolute Gasteiger partial charge is 0.479 e. The molecule has 0 saturated heterocycles. The summed E-state index contributed by atoms with van der Waals surface area (Å²) in [4.78, 5) is 10.7. The van der Waals surface area contributed by atoms with Crippen LogP contribution in [-0.4, -0.2) is 22.3 Å². The zero-order valence-corrected chi connectivity index (χ0v) is 8.51. The number of carboxylic acids is 1. The van der Waals surface area contributed by atoms with Gasteiger partial charge in [0.05, 0.1) is 0 Å². The number of nitrogens with two attached hydrogens (primary N) is 1. The summed E-state index contributed by atoms with van der Waals surface area (Å²) >= 11 is 0. The van der Waals surface area contributed by atoms with Gasteiger partial charge in [0.1, 0.15) is 11.1 Å². The summed E-state index contributed by atoms with van der Waals surface area (Å²) in [6, 6.07) is 4.98. The van der Waals surface area contributed by atoms with Gasteiger partial charge in [0.15, 0.2) is 17.5 Å². The van der Waals surface area contributed by atoms with Crippen molar-refractivity contribution in [3.8, 4) is 5.75 Å². The topological polar surface area (TPSA) is 98.6 Å². The minimum atomic E-state index is -1.05. The van der Waals surface area contributed by atoms with Crippen LogP contribution in [0.3, 0.4) is 0 Å². The molecule has 0 amide bonds. The summed E-state index contributed by atoms with van der Waals surface area (Å²) in [6.07, 6.45) is -0.958. The van der Waals surface area contributed by atoms with E-state index >= 15 is 0 Å². The number of rotatable bonds is 3. The molecule has 1 atom stereocenters. The molecule has 3 N–H and O–H groups in total. The fraction of sp³-hybridized carbons (Fsp3) is 0.200. The number of nitrogen functional groups attached to an aromatic ring is 1. The molecule has 84 valence electrons. The predicted octanol–water partition coefficient (Wildman–Crippen LogP) is 1.26. The Bertz CT molecular complexity index is 535. The van der Waals surface area contributed by atoms with Crippen LogP contribution >= 0.6 is 0 Å². The van der Waals surface area contributed by atoms with Gasteiger partial charge in [0.2, 0.25) is 0 Å². The van der Waals surface area contributed by atoms with Crippen molar-refractivity contribution in [2.45, 2.75) is 13.0 Å².